The predicted molar refractivity (Wildman–Crippen MR) is 49.7 cm³/mol. The third-order valence-electron chi connectivity index (χ3n) is 1.76. The zero-order valence-electron chi connectivity index (χ0n) is 8.16. The van der Waals surface area contributed by atoms with Crippen molar-refractivity contribution in [3.05, 3.63) is 0 Å². The standard InChI is InChI=1S/C8H13N3O3/c1-5(3-4-14-2)9-8-10-6(12)7(13)11-8/h5H,3-4H2,1-2H3,(H2,9,10,11,12,13). The van der Waals surface area contributed by atoms with Crippen LogP contribution in [-0.4, -0.2) is 37.5 Å². The first kappa shape index (κ1) is 10.6. The van der Waals surface area contributed by atoms with Gasteiger partial charge in [0.1, 0.15) is 0 Å². The molecule has 2 amide bonds. The minimum Gasteiger partial charge on any atom is -0.385 e. The van der Waals surface area contributed by atoms with Gasteiger partial charge in [-0.25, -0.2) is 4.99 Å². The van der Waals surface area contributed by atoms with Crippen LogP contribution >= 0.6 is 0 Å². The van der Waals surface area contributed by atoms with Crippen molar-refractivity contribution in [2.24, 2.45) is 4.99 Å². The molecule has 0 aromatic carbocycles. The summed E-state index contributed by atoms with van der Waals surface area (Å²) >= 11 is 0. The van der Waals surface area contributed by atoms with E-state index in [1.54, 1.807) is 7.11 Å². The number of carbonyl (C=O) groups is 2. The van der Waals surface area contributed by atoms with Gasteiger partial charge in [0.15, 0.2) is 0 Å². The Hall–Kier alpha value is -1.43. The molecule has 0 aromatic rings. The van der Waals surface area contributed by atoms with E-state index in [1.165, 1.54) is 0 Å². The van der Waals surface area contributed by atoms with E-state index >= 15 is 0 Å². The van der Waals surface area contributed by atoms with Crippen molar-refractivity contribution in [2.75, 3.05) is 13.7 Å². The molecule has 0 spiro atoms. The quantitative estimate of drug-likeness (QED) is 0.571. The largest absolute Gasteiger partial charge is 0.385 e. The Balaban J connectivity index is 2.45. The summed E-state index contributed by atoms with van der Waals surface area (Å²) in [5.74, 6) is -1.10. The summed E-state index contributed by atoms with van der Waals surface area (Å²) in [7, 11) is 1.61. The van der Waals surface area contributed by atoms with Gasteiger partial charge in [0, 0.05) is 13.7 Å². The van der Waals surface area contributed by atoms with Crippen molar-refractivity contribution >= 4 is 17.8 Å². The Morgan fingerprint density at radius 2 is 1.93 bits per heavy atom. The Bertz CT molecular complexity index is 257. The molecule has 1 fully saturated rings. The van der Waals surface area contributed by atoms with Gasteiger partial charge in [0.25, 0.3) is 0 Å². The molecule has 1 aliphatic heterocycles. The first-order valence-electron chi connectivity index (χ1n) is 4.32. The number of hydrogen-bond donors (Lipinski definition) is 2. The second-order valence-electron chi connectivity index (χ2n) is 3.02. The predicted octanol–water partition coefficient (Wildman–Crippen LogP) is -0.987. The molecule has 1 atom stereocenters. The second kappa shape index (κ2) is 4.71. The van der Waals surface area contributed by atoms with E-state index < -0.39 is 11.8 Å². The lowest BCUT2D eigenvalue weighted by Gasteiger charge is -2.05. The minimum atomic E-state index is -0.664. The molecule has 1 unspecified atom stereocenters. The summed E-state index contributed by atoms with van der Waals surface area (Å²) in [5.41, 5.74) is 0. The number of nitrogens with zero attached hydrogens (tertiary/aromatic N) is 1. The maximum absolute atomic E-state index is 10.8. The Morgan fingerprint density at radius 1 is 1.36 bits per heavy atom. The molecule has 1 rings (SSSR count). The summed E-state index contributed by atoms with van der Waals surface area (Å²) < 4.78 is 4.88. The SMILES string of the molecule is COCCC(C)N=C1NC(=O)C(=O)N1. The van der Waals surface area contributed by atoms with Crippen LogP contribution in [0.2, 0.25) is 0 Å². The van der Waals surface area contributed by atoms with Crippen molar-refractivity contribution in [2.45, 2.75) is 19.4 Å². The van der Waals surface area contributed by atoms with Crippen LogP contribution in [0.15, 0.2) is 4.99 Å². The molecule has 6 heteroatoms. The van der Waals surface area contributed by atoms with Gasteiger partial charge in [-0.3, -0.25) is 20.2 Å². The fourth-order valence-corrected chi connectivity index (χ4v) is 0.998. The van der Waals surface area contributed by atoms with E-state index in [2.05, 4.69) is 15.6 Å². The van der Waals surface area contributed by atoms with E-state index in [9.17, 15) is 9.59 Å². The highest BCUT2D eigenvalue weighted by Gasteiger charge is 2.25. The molecule has 6 nitrogen and oxygen atoms in total. The van der Waals surface area contributed by atoms with E-state index in [-0.39, 0.29) is 12.0 Å². The van der Waals surface area contributed by atoms with Gasteiger partial charge in [-0.05, 0) is 13.3 Å². The fraction of sp³-hybridized carbons (Fsp3) is 0.625. The summed E-state index contributed by atoms with van der Waals surface area (Å²) in [5, 5.41) is 4.64. The molecular weight excluding hydrogens is 186 g/mol. The highest BCUT2D eigenvalue weighted by atomic mass is 16.5. The van der Waals surface area contributed by atoms with Crippen LogP contribution in [0.3, 0.4) is 0 Å². The normalized spacial score (nSPS) is 17.7. The lowest BCUT2D eigenvalue weighted by molar-refractivity contribution is -0.135. The maximum Gasteiger partial charge on any atom is 0.316 e. The summed E-state index contributed by atoms with van der Waals surface area (Å²) in [6.07, 6.45) is 0.742. The van der Waals surface area contributed by atoms with Crippen LogP contribution in [0.5, 0.6) is 0 Å². The minimum absolute atomic E-state index is 0.00338. The Kier molecular flexibility index (Phi) is 3.58. The lowest BCUT2D eigenvalue weighted by Crippen LogP contribution is -2.27. The monoisotopic (exact) mass is 199 g/mol. The number of nitrogens with one attached hydrogen (secondary N) is 2. The van der Waals surface area contributed by atoms with Gasteiger partial charge in [0.2, 0.25) is 5.96 Å². The van der Waals surface area contributed by atoms with Gasteiger partial charge >= 0.3 is 11.8 Å². The third-order valence-corrected chi connectivity index (χ3v) is 1.76. The van der Waals surface area contributed by atoms with Crippen molar-refractivity contribution in [3.8, 4) is 0 Å². The zero-order chi connectivity index (χ0) is 10.6. The topological polar surface area (TPSA) is 79.8 Å². The highest BCUT2D eigenvalue weighted by Crippen LogP contribution is 1.97. The number of methoxy groups -OCH3 is 1. The average molecular weight is 199 g/mol. The molecule has 1 saturated heterocycles. The number of carbonyl (C=O) groups excluding carboxylic acids is 2. The molecular formula is C8H13N3O3. The molecule has 0 aromatic heterocycles. The van der Waals surface area contributed by atoms with Crippen LogP contribution < -0.4 is 10.6 Å². The Morgan fingerprint density at radius 3 is 2.43 bits per heavy atom. The molecule has 14 heavy (non-hydrogen) atoms. The van der Waals surface area contributed by atoms with E-state index in [0.717, 1.165) is 6.42 Å². The van der Waals surface area contributed by atoms with Crippen LogP contribution in [0.25, 0.3) is 0 Å². The number of ether oxygens (including phenoxy) is 1. The highest BCUT2D eigenvalue weighted by molar-refractivity contribution is 6.45. The Labute approximate surface area is 81.7 Å². The van der Waals surface area contributed by atoms with Crippen LogP contribution in [0.1, 0.15) is 13.3 Å². The molecule has 0 saturated carbocycles. The number of aliphatic imine (C=N–C) groups is 1. The smallest absolute Gasteiger partial charge is 0.316 e. The first-order valence-corrected chi connectivity index (χ1v) is 4.32. The second-order valence-corrected chi connectivity index (χ2v) is 3.02. The number of guanidine groups is 1. The molecule has 1 aliphatic rings. The van der Waals surface area contributed by atoms with Gasteiger partial charge in [-0.2, -0.15) is 0 Å². The van der Waals surface area contributed by atoms with Gasteiger partial charge in [-0.15, -0.1) is 0 Å². The van der Waals surface area contributed by atoms with Crippen LogP contribution in [0.4, 0.5) is 0 Å². The summed E-state index contributed by atoms with van der Waals surface area (Å²) in [6.45, 7) is 2.47. The number of rotatable bonds is 4. The lowest BCUT2D eigenvalue weighted by atomic mass is 10.3. The summed E-state index contributed by atoms with van der Waals surface area (Å²) in [6, 6.07) is 0.00338. The molecule has 0 bridgehead atoms. The van der Waals surface area contributed by atoms with E-state index in [0.29, 0.717) is 6.61 Å². The van der Waals surface area contributed by atoms with Gasteiger partial charge in [-0.1, -0.05) is 0 Å². The third kappa shape index (κ3) is 2.81. The van der Waals surface area contributed by atoms with E-state index in [1.807, 2.05) is 6.92 Å². The van der Waals surface area contributed by atoms with Crippen molar-refractivity contribution in [3.63, 3.8) is 0 Å². The molecule has 1 heterocycles. The average Bonchev–Trinajstić information content (AvgIpc) is 2.42. The van der Waals surface area contributed by atoms with Crippen molar-refractivity contribution < 1.29 is 14.3 Å². The van der Waals surface area contributed by atoms with Crippen molar-refractivity contribution in [1.29, 1.82) is 0 Å². The number of amides is 2. The molecule has 0 radical (unpaired) electrons. The number of hydrogen-bond acceptors (Lipinski definition) is 4. The summed E-state index contributed by atoms with van der Waals surface area (Å²) in [4.78, 5) is 25.6. The maximum atomic E-state index is 10.8. The van der Waals surface area contributed by atoms with E-state index in [4.69, 9.17) is 4.74 Å². The van der Waals surface area contributed by atoms with Crippen LogP contribution in [-0.2, 0) is 14.3 Å². The molecule has 78 valence electrons. The zero-order valence-corrected chi connectivity index (χ0v) is 8.16. The van der Waals surface area contributed by atoms with Crippen molar-refractivity contribution in [1.82, 2.24) is 10.6 Å². The van der Waals surface area contributed by atoms with Crippen LogP contribution in [0, 0.1) is 0 Å². The molecule has 0 aliphatic carbocycles. The van der Waals surface area contributed by atoms with Gasteiger partial charge in [0.05, 0.1) is 6.04 Å². The molecule has 2 N–H and O–H groups in total. The van der Waals surface area contributed by atoms with Gasteiger partial charge < -0.3 is 4.74 Å². The first-order chi connectivity index (χ1) is 6.63. The fourth-order valence-electron chi connectivity index (χ4n) is 0.998.